The van der Waals surface area contributed by atoms with E-state index in [0.717, 1.165) is 43.5 Å². The van der Waals surface area contributed by atoms with Gasteiger partial charge < -0.3 is 10.1 Å². The molecule has 0 radical (unpaired) electrons. The molecule has 106 valence electrons. The van der Waals surface area contributed by atoms with Gasteiger partial charge in [-0.15, -0.1) is 0 Å². The maximum absolute atomic E-state index is 10.8. The Morgan fingerprint density at radius 3 is 2.79 bits per heavy atom. The lowest BCUT2D eigenvalue weighted by Gasteiger charge is -2.08. The molecule has 0 saturated heterocycles. The first kappa shape index (κ1) is 15.6. The Morgan fingerprint density at radius 1 is 1.32 bits per heavy atom. The van der Waals surface area contributed by atoms with Gasteiger partial charge in [-0.25, -0.2) is 0 Å². The average Bonchev–Trinajstić information content (AvgIpc) is 2.39. The van der Waals surface area contributed by atoms with Crippen LogP contribution < -0.4 is 5.32 Å². The topological polar surface area (TPSA) is 64.4 Å². The molecule has 0 spiro atoms. The Kier molecular flexibility index (Phi) is 7.07. The van der Waals surface area contributed by atoms with Crippen LogP contribution in [-0.2, 0) is 11.3 Å². The first-order valence-electron chi connectivity index (χ1n) is 6.59. The van der Waals surface area contributed by atoms with Crippen LogP contribution in [0.4, 0.5) is 5.69 Å². The number of nitrogens with one attached hydrogen (secondary N) is 1. The summed E-state index contributed by atoms with van der Waals surface area (Å²) in [4.78, 5) is 10.5. The summed E-state index contributed by atoms with van der Waals surface area (Å²) in [5.74, 6) is 0. The first-order valence-corrected chi connectivity index (χ1v) is 6.59. The molecule has 0 aliphatic rings. The molecule has 0 bridgehead atoms. The van der Waals surface area contributed by atoms with Crippen molar-refractivity contribution in [1.29, 1.82) is 0 Å². The number of ether oxygens (including phenoxy) is 1. The van der Waals surface area contributed by atoms with E-state index < -0.39 is 0 Å². The minimum Gasteiger partial charge on any atom is -0.385 e. The molecule has 1 rings (SSSR count). The molecule has 0 unspecified atom stereocenters. The number of hydrogen-bond donors (Lipinski definition) is 1. The van der Waals surface area contributed by atoms with Crippen molar-refractivity contribution < 1.29 is 9.66 Å². The number of nitrogens with zero attached hydrogens (tertiary/aromatic N) is 1. The molecule has 0 heterocycles. The highest BCUT2D eigenvalue weighted by Crippen LogP contribution is 2.20. The number of hydrogen-bond acceptors (Lipinski definition) is 4. The summed E-state index contributed by atoms with van der Waals surface area (Å²) in [6.07, 6.45) is 3.31. The molecule has 0 fully saturated rings. The number of benzene rings is 1. The Morgan fingerprint density at radius 2 is 2.11 bits per heavy atom. The molecule has 0 atom stereocenters. The van der Waals surface area contributed by atoms with Crippen molar-refractivity contribution in [1.82, 2.24) is 5.32 Å². The molecular formula is C14H22N2O3. The monoisotopic (exact) mass is 266 g/mol. The van der Waals surface area contributed by atoms with Crippen LogP contribution in [0.1, 0.15) is 30.4 Å². The van der Waals surface area contributed by atoms with Gasteiger partial charge in [0.05, 0.1) is 4.92 Å². The van der Waals surface area contributed by atoms with Gasteiger partial charge >= 0.3 is 0 Å². The summed E-state index contributed by atoms with van der Waals surface area (Å²) >= 11 is 0. The summed E-state index contributed by atoms with van der Waals surface area (Å²) in [6, 6.07) is 5.21. The van der Waals surface area contributed by atoms with Gasteiger partial charge in [0.2, 0.25) is 0 Å². The quantitative estimate of drug-likeness (QED) is 0.424. The summed E-state index contributed by atoms with van der Waals surface area (Å²) in [5.41, 5.74) is 1.94. The molecule has 1 N–H and O–H groups in total. The smallest absolute Gasteiger partial charge is 0.272 e. The molecule has 0 aromatic heterocycles. The minimum atomic E-state index is -0.330. The Labute approximate surface area is 114 Å². The third kappa shape index (κ3) is 5.36. The van der Waals surface area contributed by atoms with Gasteiger partial charge in [-0.1, -0.05) is 12.1 Å². The van der Waals surface area contributed by atoms with E-state index in [2.05, 4.69) is 5.32 Å². The Hall–Kier alpha value is -1.46. The van der Waals surface area contributed by atoms with E-state index >= 15 is 0 Å². The molecule has 0 aliphatic heterocycles. The first-order chi connectivity index (χ1) is 9.16. The minimum absolute atomic E-state index is 0.194. The molecule has 5 heteroatoms. The van der Waals surface area contributed by atoms with Crippen LogP contribution in [0.2, 0.25) is 0 Å². The van der Waals surface area contributed by atoms with Gasteiger partial charge in [0.25, 0.3) is 5.69 Å². The molecule has 0 amide bonds. The van der Waals surface area contributed by atoms with E-state index in [4.69, 9.17) is 4.74 Å². The summed E-state index contributed by atoms with van der Waals surface area (Å²) in [6.45, 7) is 4.21. The summed E-state index contributed by atoms with van der Waals surface area (Å²) in [7, 11) is 1.71. The van der Waals surface area contributed by atoms with Gasteiger partial charge in [0, 0.05) is 31.9 Å². The second-order valence-electron chi connectivity index (χ2n) is 4.55. The maximum atomic E-state index is 10.8. The van der Waals surface area contributed by atoms with Crippen LogP contribution in [0, 0.1) is 17.0 Å². The maximum Gasteiger partial charge on any atom is 0.272 e. The van der Waals surface area contributed by atoms with Crippen LogP contribution in [0.3, 0.4) is 0 Å². The van der Waals surface area contributed by atoms with E-state index in [-0.39, 0.29) is 10.6 Å². The van der Waals surface area contributed by atoms with Gasteiger partial charge in [-0.2, -0.15) is 0 Å². The average molecular weight is 266 g/mol. The second-order valence-corrected chi connectivity index (χ2v) is 4.55. The predicted octanol–water partition coefficient (Wildman–Crippen LogP) is 2.81. The summed E-state index contributed by atoms with van der Waals surface area (Å²) < 4.78 is 4.98. The zero-order valence-corrected chi connectivity index (χ0v) is 11.6. The largest absolute Gasteiger partial charge is 0.385 e. The van der Waals surface area contributed by atoms with Crippen LogP contribution in [0.15, 0.2) is 18.2 Å². The third-order valence-corrected chi connectivity index (χ3v) is 3.13. The van der Waals surface area contributed by atoms with Crippen LogP contribution in [-0.4, -0.2) is 25.2 Å². The van der Waals surface area contributed by atoms with E-state index in [1.807, 2.05) is 6.07 Å². The fourth-order valence-electron chi connectivity index (χ4n) is 1.96. The van der Waals surface area contributed by atoms with Gasteiger partial charge in [-0.05, 0) is 38.3 Å². The van der Waals surface area contributed by atoms with Crippen molar-refractivity contribution in [3.05, 3.63) is 39.4 Å². The van der Waals surface area contributed by atoms with Crippen molar-refractivity contribution in [2.75, 3.05) is 20.3 Å². The van der Waals surface area contributed by atoms with Crippen LogP contribution in [0.5, 0.6) is 0 Å². The highest BCUT2D eigenvalue weighted by atomic mass is 16.6. The zero-order valence-electron chi connectivity index (χ0n) is 11.6. The summed E-state index contributed by atoms with van der Waals surface area (Å²) in [5, 5.41) is 14.1. The molecule has 5 nitrogen and oxygen atoms in total. The highest BCUT2D eigenvalue weighted by molar-refractivity contribution is 5.44. The van der Waals surface area contributed by atoms with Gasteiger partial charge in [0.1, 0.15) is 0 Å². The van der Waals surface area contributed by atoms with Crippen molar-refractivity contribution in [2.24, 2.45) is 0 Å². The lowest BCUT2D eigenvalue weighted by Crippen LogP contribution is -2.15. The Bertz CT molecular complexity index is 408. The second kappa shape index (κ2) is 8.61. The van der Waals surface area contributed by atoms with E-state index in [9.17, 15) is 10.1 Å². The fraction of sp³-hybridized carbons (Fsp3) is 0.571. The van der Waals surface area contributed by atoms with E-state index in [1.165, 1.54) is 0 Å². The number of unbranched alkanes of at least 4 members (excludes halogenated alkanes) is 2. The van der Waals surface area contributed by atoms with Crippen LogP contribution in [0.25, 0.3) is 0 Å². The molecule has 0 saturated carbocycles. The van der Waals surface area contributed by atoms with Crippen molar-refractivity contribution in [3.8, 4) is 0 Å². The number of nitro benzene ring substituents is 1. The molecular weight excluding hydrogens is 244 g/mol. The van der Waals surface area contributed by atoms with Crippen molar-refractivity contribution in [3.63, 3.8) is 0 Å². The van der Waals surface area contributed by atoms with Gasteiger partial charge in [0.15, 0.2) is 0 Å². The van der Waals surface area contributed by atoms with Crippen molar-refractivity contribution >= 4 is 5.69 Å². The lowest BCUT2D eigenvalue weighted by molar-refractivity contribution is -0.385. The lowest BCUT2D eigenvalue weighted by atomic mass is 10.1. The SMILES string of the molecule is COCCCCCNCc1cccc([N+](=O)[O-])c1C. The number of nitro groups is 1. The number of rotatable bonds is 9. The number of methoxy groups -OCH3 is 1. The molecule has 0 aliphatic carbocycles. The third-order valence-electron chi connectivity index (χ3n) is 3.13. The van der Waals surface area contributed by atoms with E-state index in [0.29, 0.717) is 6.54 Å². The standard InChI is InChI=1S/C14H22N2O3/c1-12-13(7-6-8-14(12)16(17)18)11-15-9-4-3-5-10-19-2/h6-8,15H,3-5,9-11H2,1-2H3. The van der Waals surface area contributed by atoms with Crippen LogP contribution >= 0.6 is 0 Å². The molecule has 19 heavy (non-hydrogen) atoms. The highest BCUT2D eigenvalue weighted by Gasteiger charge is 2.12. The van der Waals surface area contributed by atoms with E-state index in [1.54, 1.807) is 26.2 Å². The predicted molar refractivity (Wildman–Crippen MR) is 75.3 cm³/mol. The van der Waals surface area contributed by atoms with Crippen molar-refractivity contribution in [2.45, 2.75) is 32.7 Å². The fourth-order valence-corrected chi connectivity index (χ4v) is 1.96. The molecule has 1 aromatic carbocycles. The normalized spacial score (nSPS) is 10.6. The molecule has 1 aromatic rings. The van der Waals surface area contributed by atoms with Gasteiger partial charge in [-0.3, -0.25) is 10.1 Å². The Balaban J connectivity index is 2.33. The zero-order chi connectivity index (χ0) is 14.1.